The Hall–Kier alpha value is -0.160. The number of halogens is 1. The van der Waals surface area contributed by atoms with Gasteiger partial charge in [0.05, 0.1) is 32.5 Å². The molecule has 0 spiro atoms. The Bertz CT molecular complexity index is 406. The van der Waals surface area contributed by atoms with Crippen molar-refractivity contribution in [2.45, 2.75) is 31.9 Å². The van der Waals surface area contributed by atoms with Crippen LogP contribution in [0.5, 0.6) is 0 Å². The summed E-state index contributed by atoms with van der Waals surface area (Å²) in [6.45, 7) is 12.5. The average molecular weight is 467 g/mol. The normalized spacial score (nSPS) is 28.3. The molecule has 3 fully saturated rings. The lowest BCUT2D eigenvalue weighted by Crippen LogP contribution is -2.48. The lowest BCUT2D eigenvalue weighted by Gasteiger charge is -2.34. The monoisotopic (exact) mass is 467 g/mol. The minimum Gasteiger partial charge on any atom is -0.379 e. The molecule has 0 bridgehead atoms. The van der Waals surface area contributed by atoms with Crippen molar-refractivity contribution < 1.29 is 9.47 Å². The van der Waals surface area contributed by atoms with Crippen LogP contribution in [0.2, 0.25) is 0 Å². The van der Waals surface area contributed by atoms with Gasteiger partial charge in [-0.1, -0.05) is 0 Å². The van der Waals surface area contributed by atoms with Crippen LogP contribution in [0.15, 0.2) is 4.99 Å². The molecule has 2 atom stereocenters. The molecule has 8 heteroatoms. The minimum absolute atomic E-state index is 0. The second-order valence-electron chi connectivity index (χ2n) is 6.85. The summed E-state index contributed by atoms with van der Waals surface area (Å²) in [6, 6.07) is 0.658. The Morgan fingerprint density at radius 2 is 2.04 bits per heavy atom. The van der Waals surface area contributed by atoms with Gasteiger partial charge >= 0.3 is 0 Å². The zero-order valence-electron chi connectivity index (χ0n) is 15.4. The highest BCUT2D eigenvalue weighted by Crippen LogP contribution is 2.22. The minimum atomic E-state index is 0. The fourth-order valence-electron chi connectivity index (χ4n) is 3.69. The highest BCUT2D eigenvalue weighted by atomic mass is 127. The number of aliphatic imine (C=N–C) groups is 1. The maximum absolute atomic E-state index is 5.99. The SMILES string of the molecule is CCNC(=NCC1CN2CCCC2CO1)NCCN1CCOCC1.I. The second kappa shape index (κ2) is 11.5. The van der Waals surface area contributed by atoms with Gasteiger partial charge in [0.1, 0.15) is 0 Å². The van der Waals surface area contributed by atoms with Crippen LogP contribution in [-0.4, -0.2) is 100 Å². The first-order valence-electron chi connectivity index (χ1n) is 9.53. The van der Waals surface area contributed by atoms with Gasteiger partial charge in [-0.3, -0.25) is 14.8 Å². The highest BCUT2D eigenvalue weighted by molar-refractivity contribution is 14.0. The number of guanidine groups is 1. The molecular weight excluding hydrogens is 433 g/mol. The van der Waals surface area contributed by atoms with E-state index in [1.165, 1.54) is 19.4 Å². The van der Waals surface area contributed by atoms with Crippen LogP contribution in [0.1, 0.15) is 19.8 Å². The van der Waals surface area contributed by atoms with E-state index in [0.717, 1.165) is 71.6 Å². The van der Waals surface area contributed by atoms with Crippen molar-refractivity contribution in [3.8, 4) is 0 Å². The molecule has 2 unspecified atom stereocenters. The Kier molecular flexibility index (Phi) is 9.75. The summed E-state index contributed by atoms with van der Waals surface area (Å²) < 4.78 is 11.4. The molecule has 0 amide bonds. The van der Waals surface area contributed by atoms with E-state index in [4.69, 9.17) is 14.5 Å². The number of morpholine rings is 2. The highest BCUT2D eigenvalue weighted by Gasteiger charge is 2.31. The van der Waals surface area contributed by atoms with Crippen molar-refractivity contribution in [1.29, 1.82) is 0 Å². The van der Waals surface area contributed by atoms with Crippen LogP contribution in [0.3, 0.4) is 0 Å². The molecule has 3 aliphatic heterocycles. The predicted octanol–water partition coefficient (Wildman–Crippen LogP) is 0.355. The average Bonchev–Trinajstić information content (AvgIpc) is 3.08. The molecule has 3 aliphatic rings. The van der Waals surface area contributed by atoms with E-state index in [-0.39, 0.29) is 30.1 Å². The van der Waals surface area contributed by atoms with E-state index >= 15 is 0 Å². The number of fused-ring (bicyclic) bond motifs is 1. The number of nitrogens with one attached hydrogen (secondary N) is 2. The molecule has 0 aliphatic carbocycles. The van der Waals surface area contributed by atoms with Crippen molar-refractivity contribution in [2.24, 2.45) is 4.99 Å². The number of hydrogen-bond donors (Lipinski definition) is 2. The zero-order chi connectivity index (χ0) is 16.6. The third-order valence-corrected chi connectivity index (χ3v) is 5.08. The van der Waals surface area contributed by atoms with Crippen molar-refractivity contribution in [1.82, 2.24) is 20.4 Å². The summed E-state index contributed by atoms with van der Waals surface area (Å²) in [5.41, 5.74) is 0. The molecule has 7 nitrogen and oxygen atoms in total. The number of rotatable bonds is 6. The summed E-state index contributed by atoms with van der Waals surface area (Å²) in [7, 11) is 0. The van der Waals surface area contributed by atoms with Gasteiger partial charge in [0, 0.05) is 45.3 Å². The predicted molar refractivity (Wildman–Crippen MR) is 111 cm³/mol. The first-order chi connectivity index (χ1) is 11.8. The van der Waals surface area contributed by atoms with Crippen LogP contribution in [0, 0.1) is 0 Å². The number of ether oxygens (including phenoxy) is 2. The third kappa shape index (κ3) is 6.82. The van der Waals surface area contributed by atoms with Gasteiger partial charge in [-0.2, -0.15) is 0 Å². The van der Waals surface area contributed by atoms with E-state index in [0.29, 0.717) is 6.04 Å². The molecule has 3 saturated heterocycles. The molecule has 25 heavy (non-hydrogen) atoms. The van der Waals surface area contributed by atoms with Gasteiger partial charge in [-0.05, 0) is 26.3 Å². The van der Waals surface area contributed by atoms with Gasteiger partial charge in [0.25, 0.3) is 0 Å². The molecule has 146 valence electrons. The fraction of sp³-hybridized carbons (Fsp3) is 0.941. The molecule has 3 rings (SSSR count). The van der Waals surface area contributed by atoms with Crippen LogP contribution in [-0.2, 0) is 9.47 Å². The lowest BCUT2D eigenvalue weighted by molar-refractivity contribution is -0.0432. The van der Waals surface area contributed by atoms with E-state index in [9.17, 15) is 0 Å². The molecule has 0 aromatic rings. The third-order valence-electron chi connectivity index (χ3n) is 5.08. The van der Waals surface area contributed by atoms with Crippen molar-refractivity contribution in [3.05, 3.63) is 0 Å². The Morgan fingerprint density at radius 3 is 2.84 bits per heavy atom. The molecular formula is C17H34IN5O2. The Balaban J connectivity index is 0.00000225. The van der Waals surface area contributed by atoms with Gasteiger partial charge in [0.2, 0.25) is 0 Å². The standard InChI is InChI=1S/C17H33N5O2.HI/c1-2-18-17(19-5-7-21-8-10-23-11-9-21)20-12-16-13-22-6-3-4-15(22)14-24-16;/h15-16H,2-14H2,1H3,(H2,18,19,20);1H. The Morgan fingerprint density at radius 1 is 1.20 bits per heavy atom. The lowest BCUT2D eigenvalue weighted by atomic mass is 10.2. The summed E-state index contributed by atoms with van der Waals surface area (Å²) >= 11 is 0. The maximum atomic E-state index is 5.99. The fourth-order valence-corrected chi connectivity index (χ4v) is 3.69. The van der Waals surface area contributed by atoms with Crippen LogP contribution >= 0.6 is 24.0 Å². The second-order valence-corrected chi connectivity index (χ2v) is 6.85. The topological polar surface area (TPSA) is 61.4 Å². The maximum Gasteiger partial charge on any atom is 0.191 e. The van der Waals surface area contributed by atoms with E-state index in [2.05, 4.69) is 27.4 Å². The van der Waals surface area contributed by atoms with Crippen LogP contribution in [0.25, 0.3) is 0 Å². The molecule has 0 aromatic carbocycles. The van der Waals surface area contributed by atoms with Crippen LogP contribution < -0.4 is 10.6 Å². The van der Waals surface area contributed by atoms with E-state index < -0.39 is 0 Å². The molecule has 0 aromatic heterocycles. The van der Waals surface area contributed by atoms with Gasteiger partial charge in [-0.25, -0.2) is 0 Å². The summed E-state index contributed by atoms with van der Waals surface area (Å²) in [4.78, 5) is 9.73. The summed E-state index contributed by atoms with van der Waals surface area (Å²) in [6.07, 6.45) is 2.84. The molecule has 3 heterocycles. The largest absolute Gasteiger partial charge is 0.379 e. The quantitative estimate of drug-likeness (QED) is 0.334. The molecule has 2 N–H and O–H groups in total. The van der Waals surface area contributed by atoms with Crippen molar-refractivity contribution in [2.75, 3.05) is 72.2 Å². The smallest absolute Gasteiger partial charge is 0.191 e. The van der Waals surface area contributed by atoms with Gasteiger partial charge < -0.3 is 20.1 Å². The summed E-state index contributed by atoms with van der Waals surface area (Å²) in [5.74, 6) is 0.901. The van der Waals surface area contributed by atoms with Crippen molar-refractivity contribution in [3.63, 3.8) is 0 Å². The van der Waals surface area contributed by atoms with Crippen molar-refractivity contribution >= 4 is 29.9 Å². The summed E-state index contributed by atoms with van der Waals surface area (Å²) in [5, 5.41) is 6.77. The van der Waals surface area contributed by atoms with Crippen LogP contribution in [0.4, 0.5) is 0 Å². The molecule has 0 saturated carbocycles. The number of nitrogens with zero attached hydrogens (tertiary/aromatic N) is 3. The Labute approximate surface area is 168 Å². The number of hydrogen-bond acceptors (Lipinski definition) is 5. The van der Waals surface area contributed by atoms with Gasteiger partial charge in [-0.15, -0.1) is 24.0 Å². The molecule has 0 radical (unpaired) electrons. The zero-order valence-corrected chi connectivity index (χ0v) is 17.7. The van der Waals surface area contributed by atoms with E-state index in [1.807, 2.05) is 0 Å². The van der Waals surface area contributed by atoms with Gasteiger partial charge in [0.15, 0.2) is 5.96 Å². The van der Waals surface area contributed by atoms with E-state index in [1.54, 1.807) is 0 Å². The first-order valence-corrected chi connectivity index (χ1v) is 9.53. The first kappa shape index (κ1) is 21.1.